The smallest absolute Gasteiger partial charge is 0.0973 e. The minimum absolute atomic E-state index is 0.133. The predicted molar refractivity (Wildman–Crippen MR) is 108 cm³/mol. The molecule has 3 aromatic carbocycles. The van der Waals surface area contributed by atoms with Crippen molar-refractivity contribution in [3.63, 3.8) is 0 Å². The van der Waals surface area contributed by atoms with Gasteiger partial charge in [0.15, 0.2) is 0 Å². The van der Waals surface area contributed by atoms with Crippen LogP contribution in [0.5, 0.6) is 0 Å². The van der Waals surface area contributed by atoms with Crippen LogP contribution in [0, 0.1) is 0 Å². The van der Waals surface area contributed by atoms with E-state index in [0.29, 0.717) is 6.54 Å². The van der Waals surface area contributed by atoms with E-state index in [9.17, 15) is 5.11 Å². The first-order valence-electron chi connectivity index (χ1n) is 9.36. The largest absolute Gasteiger partial charge is 0.395 e. The lowest BCUT2D eigenvalue weighted by Crippen LogP contribution is -2.49. The molecule has 0 heterocycles. The lowest BCUT2D eigenvalue weighted by atomic mass is 9.75. The summed E-state index contributed by atoms with van der Waals surface area (Å²) in [4.78, 5) is 2.41. The Kier molecular flexibility index (Phi) is 6.21. The normalized spacial score (nSPS) is 11.7. The van der Waals surface area contributed by atoms with Crippen LogP contribution in [-0.2, 0) is 5.54 Å². The van der Waals surface area contributed by atoms with Gasteiger partial charge >= 0.3 is 0 Å². The number of hydrogen-bond acceptors (Lipinski definition) is 2. The molecule has 0 aromatic heterocycles. The van der Waals surface area contributed by atoms with Crippen LogP contribution in [0.4, 0.5) is 0 Å². The first kappa shape index (κ1) is 18.4. The quantitative estimate of drug-likeness (QED) is 0.599. The van der Waals surface area contributed by atoms with E-state index in [1.807, 2.05) is 0 Å². The fourth-order valence-electron chi connectivity index (χ4n) is 3.92. The minimum Gasteiger partial charge on any atom is -0.395 e. The van der Waals surface area contributed by atoms with Crippen LogP contribution < -0.4 is 0 Å². The van der Waals surface area contributed by atoms with Crippen LogP contribution in [0.2, 0.25) is 0 Å². The molecule has 0 fully saturated rings. The second-order valence-electron chi connectivity index (χ2n) is 6.52. The molecule has 26 heavy (non-hydrogen) atoms. The predicted octanol–water partition coefficient (Wildman–Crippen LogP) is 4.68. The van der Waals surface area contributed by atoms with Crippen molar-refractivity contribution < 1.29 is 5.11 Å². The van der Waals surface area contributed by atoms with Gasteiger partial charge in [-0.15, -0.1) is 0 Å². The zero-order valence-electron chi connectivity index (χ0n) is 15.4. The molecule has 1 N–H and O–H groups in total. The molecule has 0 unspecified atom stereocenters. The first-order valence-corrected chi connectivity index (χ1v) is 9.36. The summed E-state index contributed by atoms with van der Waals surface area (Å²) in [6.45, 7) is 3.84. The number of aliphatic hydroxyl groups excluding tert-OH is 1. The molecule has 0 aliphatic rings. The number of hydrogen-bond donors (Lipinski definition) is 1. The van der Waals surface area contributed by atoms with E-state index in [2.05, 4.69) is 103 Å². The van der Waals surface area contributed by atoms with E-state index in [1.165, 1.54) is 16.7 Å². The highest BCUT2D eigenvalue weighted by Crippen LogP contribution is 2.42. The molecule has 0 saturated heterocycles. The van der Waals surface area contributed by atoms with Crippen molar-refractivity contribution in [3.8, 4) is 0 Å². The van der Waals surface area contributed by atoms with Crippen molar-refractivity contribution in [2.24, 2.45) is 0 Å². The molecule has 2 nitrogen and oxygen atoms in total. The van der Waals surface area contributed by atoms with Crippen molar-refractivity contribution >= 4 is 0 Å². The van der Waals surface area contributed by atoms with Gasteiger partial charge in [-0.3, -0.25) is 4.90 Å². The van der Waals surface area contributed by atoms with Crippen LogP contribution in [0.1, 0.15) is 30.0 Å². The summed E-state index contributed by atoms with van der Waals surface area (Å²) in [7, 11) is 0. The van der Waals surface area contributed by atoms with Gasteiger partial charge in [0.2, 0.25) is 0 Å². The second-order valence-corrected chi connectivity index (χ2v) is 6.52. The van der Waals surface area contributed by atoms with Crippen LogP contribution in [0.3, 0.4) is 0 Å². The van der Waals surface area contributed by atoms with E-state index >= 15 is 0 Å². The maximum absolute atomic E-state index is 9.83. The standard InChI is InChI=1S/C24H27NO/c1-2-18-25(19-20-26)24(21-12-6-3-7-13-21,22-14-8-4-9-15-22)23-16-10-5-11-17-23/h3-17,26H,2,18-20H2,1H3. The number of aliphatic hydroxyl groups is 1. The molecule has 0 bridgehead atoms. The summed E-state index contributed by atoms with van der Waals surface area (Å²) in [5.74, 6) is 0. The van der Waals surface area contributed by atoms with Gasteiger partial charge < -0.3 is 5.11 Å². The summed E-state index contributed by atoms with van der Waals surface area (Å²) in [6, 6.07) is 31.9. The molecule has 134 valence electrons. The topological polar surface area (TPSA) is 23.5 Å². The van der Waals surface area contributed by atoms with Crippen LogP contribution in [0.25, 0.3) is 0 Å². The molecular formula is C24H27NO. The zero-order chi connectivity index (χ0) is 18.2. The number of nitrogens with zero attached hydrogens (tertiary/aromatic N) is 1. The maximum atomic E-state index is 9.83. The summed E-state index contributed by atoms with van der Waals surface area (Å²) in [5, 5.41) is 9.83. The van der Waals surface area contributed by atoms with Gasteiger partial charge in [-0.25, -0.2) is 0 Å². The molecule has 0 saturated carbocycles. The van der Waals surface area contributed by atoms with E-state index in [0.717, 1.165) is 13.0 Å². The molecule has 0 amide bonds. The van der Waals surface area contributed by atoms with Gasteiger partial charge in [0.1, 0.15) is 0 Å². The Balaban J connectivity index is 2.34. The van der Waals surface area contributed by atoms with E-state index < -0.39 is 5.54 Å². The summed E-state index contributed by atoms with van der Waals surface area (Å²) in [6.07, 6.45) is 1.02. The number of rotatable bonds is 8. The van der Waals surface area contributed by atoms with Crippen LogP contribution >= 0.6 is 0 Å². The fraction of sp³-hybridized carbons (Fsp3) is 0.250. The Labute approximate surface area is 156 Å². The Morgan fingerprint density at radius 1 is 0.654 bits per heavy atom. The fourth-order valence-corrected chi connectivity index (χ4v) is 3.92. The lowest BCUT2D eigenvalue weighted by molar-refractivity contribution is 0.121. The van der Waals surface area contributed by atoms with Crippen LogP contribution in [-0.4, -0.2) is 29.7 Å². The van der Waals surface area contributed by atoms with Crippen molar-refractivity contribution in [3.05, 3.63) is 108 Å². The molecule has 0 aliphatic carbocycles. The minimum atomic E-state index is -0.428. The number of benzene rings is 3. The van der Waals surface area contributed by atoms with Crippen molar-refractivity contribution in [2.75, 3.05) is 19.7 Å². The van der Waals surface area contributed by atoms with E-state index in [-0.39, 0.29) is 6.61 Å². The summed E-state index contributed by atoms with van der Waals surface area (Å²) < 4.78 is 0. The average molecular weight is 345 g/mol. The van der Waals surface area contributed by atoms with Crippen molar-refractivity contribution in [1.82, 2.24) is 4.90 Å². The van der Waals surface area contributed by atoms with E-state index in [1.54, 1.807) is 0 Å². The third-order valence-corrected chi connectivity index (χ3v) is 4.91. The second kappa shape index (κ2) is 8.79. The lowest BCUT2D eigenvalue weighted by Gasteiger charge is -2.45. The molecule has 0 aliphatic heterocycles. The van der Waals surface area contributed by atoms with Gasteiger partial charge in [0, 0.05) is 6.54 Å². The van der Waals surface area contributed by atoms with Gasteiger partial charge in [-0.2, -0.15) is 0 Å². The molecule has 0 radical (unpaired) electrons. The third-order valence-electron chi connectivity index (χ3n) is 4.91. The molecule has 3 rings (SSSR count). The molecule has 2 heteroatoms. The Morgan fingerprint density at radius 2 is 1.04 bits per heavy atom. The monoisotopic (exact) mass is 345 g/mol. The first-order chi connectivity index (χ1) is 12.8. The molecule has 0 atom stereocenters. The molecule has 3 aromatic rings. The van der Waals surface area contributed by atoms with Gasteiger partial charge in [-0.05, 0) is 29.7 Å². The highest BCUT2D eigenvalue weighted by atomic mass is 16.3. The highest BCUT2D eigenvalue weighted by molar-refractivity contribution is 5.49. The Hall–Kier alpha value is -2.42. The zero-order valence-corrected chi connectivity index (χ0v) is 15.4. The highest BCUT2D eigenvalue weighted by Gasteiger charge is 2.41. The molecular weight excluding hydrogens is 318 g/mol. The SMILES string of the molecule is CCCN(CCO)C(c1ccccc1)(c1ccccc1)c1ccccc1. The maximum Gasteiger partial charge on any atom is 0.0973 e. The summed E-state index contributed by atoms with van der Waals surface area (Å²) in [5.41, 5.74) is 3.24. The average Bonchev–Trinajstić information content (AvgIpc) is 2.71. The van der Waals surface area contributed by atoms with Gasteiger partial charge in [0.05, 0.1) is 12.1 Å². The van der Waals surface area contributed by atoms with Gasteiger partial charge in [0.25, 0.3) is 0 Å². The molecule has 0 spiro atoms. The van der Waals surface area contributed by atoms with Crippen molar-refractivity contribution in [2.45, 2.75) is 18.9 Å². The van der Waals surface area contributed by atoms with Gasteiger partial charge in [-0.1, -0.05) is 97.9 Å². The third kappa shape index (κ3) is 3.44. The van der Waals surface area contributed by atoms with Crippen LogP contribution in [0.15, 0.2) is 91.0 Å². The van der Waals surface area contributed by atoms with Crippen molar-refractivity contribution in [1.29, 1.82) is 0 Å². The Morgan fingerprint density at radius 3 is 1.35 bits per heavy atom. The summed E-state index contributed by atoms with van der Waals surface area (Å²) >= 11 is 0. The van der Waals surface area contributed by atoms with E-state index in [4.69, 9.17) is 0 Å². The Bertz CT molecular complexity index is 668.